The van der Waals surface area contributed by atoms with Gasteiger partial charge in [0.15, 0.2) is 0 Å². The van der Waals surface area contributed by atoms with Crippen molar-refractivity contribution in [2.24, 2.45) is 0 Å². The molecule has 1 aliphatic rings. The number of carbonyl (C=O) groups is 1. The van der Waals surface area contributed by atoms with Gasteiger partial charge in [-0.2, -0.15) is 0 Å². The minimum absolute atomic E-state index is 0.237. The zero-order valence-corrected chi connectivity index (χ0v) is 17.8. The highest BCUT2D eigenvalue weighted by atomic mass is 32.2. The highest BCUT2D eigenvalue weighted by Crippen LogP contribution is 2.27. The van der Waals surface area contributed by atoms with E-state index < -0.39 is 16.1 Å². The van der Waals surface area contributed by atoms with Gasteiger partial charge in [0.05, 0.1) is 24.1 Å². The molecule has 0 aliphatic carbocycles. The number of carbonyl (C=O) groups excluding carboxylic acids is 1. The molecule has 1 amide bonds. The Hall–Kier alpha value is -1.97. The topological polar surface area (TPSA) is 88.6 Å². The molecule has 152 valence electrons. The Morgan fingerprint density at radius 2 is 2.07 bits per heavy atom. The molecule has 7 nitrogen and oxygen atoms in total. The SMILES string of the molecule is CC(C)OC(=O)N1CCC(NS(C)(=O)=O)C1Cc1csc(-c2ccccc2)n1. The molecule has 0 saturated carbocycles. The molecule has 0 radical (unpaired) electrons. The predicted molar refractivity (Wildman–Crippen MR) is 110 cm³/mol. The summed E-state index contributed by atoms with van der Waals surface area (Å²) in [4.78, 5) is 18.8. The van der Waals surface area contributed by atoms with Gasteiger partial charge in [0.2, 0.25) is 10.0 Å². The van der Waals surface area contributed by atoms with Gasteiger partial charge < -0.3 is 9.64 Å². The fraction of sp³-hybridized carbons (Fsp3) is 0.474. The molecule has 0 spiro atoms. The van der Waals surface area contributed by atoms with Crippen LogP contribution in [0.1, 0.15) is 26.0 Å². The Labute approximate surface area is 169 Å². The number of ether oxygens (including phenoxy) is 1. The number of rotatable bonds is 6. The smallest absolute Gasteiger partial charge is 0.410 e. The van der Waals surface area contributed by atoms with E-state index in [0.717, 1.165) is 22.5 Å². The number of sulfonamides is 1. The van der Waals surface area contributed by atoms with Crippen molar-refractivity contribution in [3.8, 4) is 10.6 Å². The Balaban J connectivity index is 1.81. The summed E-state index contributed by atoms with van der Waals surface area (Å²) in [6.45, 7) is 4.03. The van der Waals surface area contributed by atoms with Gasteiger partial charge in [-0.15, -0.1) is 11.3 Å². The van der Waals surface area contributed by atoms with E-state index in [4.69, 9.17) is 9.72 Å². The fourth-order valence-electron chi connectivity index (χ4n) is 3.34. The van der Waals surface area contributed by atoms with Gasteiger partial charge in [-0.1, -0.05) is 30.3 Å². The lowest BCUT2D eigenvalue weighted by Crippen LogP contribution is -2.48. The first-order chi connectivity index (χ1) is 13.2. The molecule has 1 aromatic heterocycles. The minimum atomic E-state index is -3.39. The van der Waals surface area contributed by atoms with E-state index in [1.165, 1.54) is 11.3 Å². The second-order valence-electron chi connectivity index (χ2n) is 7.19. The molecule has 1 aliphatic heterocycles. The Morgan fingerprint density at radius 3 is 2.71 bits per heavy atom. The van der Waals surface area contributed by atoms with E-state index in [1.54, 1.807) is 18.7 Å². The molecule has 1 saturated heterocycles. The lowest BCUT2D eigenvalue weighted by molar-refractivity contribution is 0.0718. The second-order valence-corrected chi connectivity index (χ2v) is 9.83. The summed E-state index contributed by atoms with van der Waals surface area (Å²) in [7, 11) is -3.39. The summed E-state index contributed by atoms with van der Waals surface area (Å²) in [6, 6.07) is 9.17. The molecular formula is C19H25N3O4S2. The van der Waals surface area contributed by atoms with Gasteiger partial charge in [-0.3, -0.25) is 0 Å². The number of aromatic nitrogens is 1. The third-order valence-electron chi connectivity index (χ3n) is 4.47. The Morgan fingerprint density at radius 1 is 1.36 bits per heavy atom. The van der Waals surface area contributed by atoms with Crippen molar-refractivity contribution in [3.63, 3.8) is 0 Å². The van der Waals surface area contributed by atoms with Crippen molar-refractivity contribution < 1.29 is 17.9 Å². The van der Waals surface area contributed by atoms with Crippen LogP contribution in [0.25, 0.3) is 10.6 Å². The zero-order valence-electron chi connectivity index (χ0n) is 16.2. The highest BCUT2D eigenvalue weighted by molar-refractivity contribution is 7.88. The highest BCUT2D eigenvalue weighted by Gasteiger charge is 2.39. The minimum Gasteiger partial charge on any atom is -0.447 e. The molecule has 0 bridgehead atoms. The summed E-state index contributed by atoms with van der Waals surface area (Å²) in [5.74, 6) is 0. The number of thiazole rings is 1. The molecule has 2 atom stereocenters. The largest absolute Gasteiger partial charge is 0.447 e. The Bertz CT molecular complexity index is 912. The number of hydrogen-bond acceptors (Lipinski definition) is 6. The zero-order chi connectivity index (χ0) is 20.3. The molecule has 2 aromatic rings. The first kappa shape index (κ1) is 20.8. The standard InChI is InChI=1S/C19H25N3O4S2/c1-13(2)26-19(23)22-10-9-16(21-28(3,24)25)17(22)11-15-12-27-18(20-15)14-7-5-4-6-8-14/h4-8,12-13,16-17,21H,9-11H2,1-3H3. The molecular weight excluding hydrogens is 398 g/mol. The molecule has 2 unspecified atom stereocenters. The van der Waals surface area contributed by atoms with Crippen molar-refractivity contribution in [3.05, 3.63) is 41.4 Å². The van der Waals surface area contributed by atoms with E-state index in [-0.39, 0.29) is 18.2 Å². The number of amides is 1. The van der Waals surface area contributed by atoms with Crippen molar-refractivity contribution in [2.45, 2.75) is 44.9 Å². The van der Waals surface area contributed by atoms with E-state index in [1.807, 2.05) is 35.7 Å². The van der Waals surface area contributed by atoms with Crippen LogP contribution in [0.15, 0.2) is 35.7 Å². The number of hydrogen-bond donors (Lipinski definition) is 1. The summed E-state index contributed by atoms with van der Waals surface area (Å²) in [5.41, 5.74) is 1.87. The van der Waals surface area contributed by atoms with Gasteiger partial charge in [0, 0.05) is 30.0 Å². The summed E-state index contributed by atoms with van der Waals surface area (Å²) in [5, 5.41) is 2.86. The predicted octanol–water partition coefficient (Wildman–Crippen LogP) is 2.89. The summed E-state index contributed by atoms with van der Waals surface area (Å²) >= 11 is 1.54. The molecule has 2 heterocycles. The van der Waals surface area contributed by atoms with Gasteiger partial charge in [-0.25, -0.2) is 22.9 Å². The molecule has 28 heavy (non-hydrogen) atoms. The number of nitrogens with one attached hydrogen (secondary N) is 1. The van der Waals surface area contributed by atoms with E-state index in [2.05, 4.69) is 4.72 Å². The van der Waals surface area contributed by atoms with Crippen LogP contribution in [-0.4, -0.2) is 55.4 Å². The van der Waals surface area contributed by atoms with Crippen LogP contribution in [0.5, 0.6) is 0 Å². The molecule has 3 rings (SSSR count). The average molecular weight is 424 g/mol. The lowest BCUT2D eigenvalue weighted by atomic mass is 10.1. The molecule has 1 aromatic carbocycles. The maximum absolute atomic E-state index is 12.5. The second kappa shape index (κ2) is 8.59. The van der Waals surface area contributed by atoms with Crippen LogP contribution in [0.3, 0.4) is 0 Å². The first-order valence-corrected chi connectivity index (χ1v) is 11.9. The molecule has 1 N–H and O–H groups in total. The van der Waals surface area contributed by atoms with Crippen molar-refractivity contribution in [2.75, 3.05) is 12.8 Å². The molecule has 1 fully saturated rings. The maximum atomic E-state index is 12.5. The van der Waals surface area contributed by atoms with Crippen molar-refractivity contribution in [1.82, 2.24) is 14.6 Å². The van der Waals surface area contributed by atoms with Crippen LogP contribution in [0.2, 0.25) is 0 Å². The quantitative estimate of drug-likeness (QED) is 0.772. The van der Waals surface area contributed by atoms with Crippen LogP contribution < -0.4 is 4.72 Å². The fourth-order valence-corrected chi connectivity index (χ4v) is 5.01. The van der Waals surface area contributed by atoms with Crippen LogP contribution in [-0.2, 0) is 21.2 Å². The summed E-state index contributed by atoms with van der Waals surface area (Å²) in [6.07, 6.45) is 1.48. The van der Waals surface area contributed by atoms with Gasteiger partial charge >= 0.3 is 6.09 Å². The average Bonchev–Trinajstić information content (AvgIpc) is 3.22. The Kier molecular flexibility index (Phi) is 6.36. The van der Waals surface area contributed by atoms with E-state index >= 15 is 0 Å². The number of likely N-dealkylation sites (tertiary alicyclic amines) is 1. The third kappa shape index (κ3) is 5.30. The monoisotopic (exact) mass is 423 g/mol. The van der Waals surface area contributed by atoms with Crippen LogP contribution in [0.4, 0.5) is 4.79 Å². The van der Waals surface area contributed by atoms with Crippen LogP contribution >= 0.6 is 11.3 Å². The van der Waals surface area contributed by atoms with Crippen molar-refractivity contribution in [1.29, 1.82) is 0 Å². The third-order valence-corrected chi connectivity index (χ3v) is 6.14. The van der Waals surface area contributed by atoms with E-state index in [9.17, 15) is 13.2 Å². The normalized spacial score (nSPS) is 19.9. The number of benzene rings is 1. The lowest BCUT2D eigenvalue weighted by Gasteiger charge is -2.28. The van der Waals surface area contributed by atoms with Crippen molar-refractivity contribution >= 4 is 27.5 Å². The van der Waals surface area contributed by atoms with Crippen LogP contribution in [0, 0.1) is 0 Å². The van der Waals surface area contributed by atoms with Gasteiger partial charge in [-0.05, 0) is 20.3 Å². The van der Waals surface area contributed by atoms with Gasteiger partial charge in [0.1, 0.15) is 5.01 Å². The number of nitrogens with zero attached hydrogens (tertiary/aromatic N) is 2. The molecule has 9 heteroatoms. The maximum Gasteiger partial charge on any atom is 0.410 e. The van der Waals surface area contributed by atoms with E-state index in [0.29, 0.717) is 19.4 Å². The first-order valence-electron chi connectivity index (χ1n) is 9.17. The van der Waals surface area contributed by atoms with Gasteiger partial charge in [0.25, 0.3) is 0 Å². The summed E-state index contributed by atoms with van der Waals surface area (Å²) < 4.78 is 31.5.